The molecule has 2 heterocycles. The third-order valence-corrected chi connectivity index (χ3v) is 5.71. The number of pyridine rings is 1. The van der Waals surface area contributed by atoms with Gasteiger partial charge in [-0.3, -0.25) is 14.7 Å². The molecule has 0 bridgehead atoms. The number of amides is 1. The van der Waals surface area contributed by atoms with E-state index in [0.717, 1.165) is 21.7 Å². The van der Waals surface area contributed by atoms with Crippen LogP contribution in [0.25, 0.3) is 10.2 Å². The zero-order valence-corrected chi connectivity index (χ0v) is 19.1. The molecule has 0 fully saturated rings. The van der Waals surface area contributed by atoms with Crippen LogP contribution in [0.5, 0.6) is 11.5 Å². The predicted octanol–water partition coefficient (Wildman–Crippen LogP) is 5.72. The second-order valence-electron chi connectivity index (χ2n) is 7.44. The van der Waals surface area contributed by atoms with Gasteiger partial charge in [-0.15, -0.1) is 0 Å². The van der Waals surface area contributed by atoms with Gasteiger partial charge in [0.1, 0.15) is 17.0 Å². The molecule has 32 heavy (non-hydrogen) atoms. The fourth-order valence-electron chi connectivity index (χ4n) is 3.28. The molecule has 0 atom stereocenters. The van der Waals surface area contributed by atoms with E-state index in [4.69, 9.17) is 14.5 Å². The molecule has 4 aromatic rings. The van der Waals surface area contributed by atoms with Crippen molar-refractivity contribution in [3.8, 4) is 11.5 Å². The Kier molecular flexibility index (Phi) is 6.66. The number of benzene rings is 2. The molecule has 2 aromatic heterocycles. The molecule has 0 saturated carbocycles. The molecule has 6 nitrogen and oxygen atoms in total. The average molecular weight is 448 g/mol. The van der Waals surface area contributed by atoms with E-state index >= 15 is 0 Å². The average Bonchev–Trinajstić information content (AvgIpc) is 3.23. The fourth-order valence-corrected chi connectivity index (χ4v) is 4.26. The molecule has 1 amide bonds. The second-order valence-corrected chi connectivity index (χ2v) is 8.44. The monoisotopic (exact) mass is 447 g/mol. The van der Waals surface area contributed by atoms with Gasteiger partial charge in [0.2, 0.25) is 0 Å². The van der Waals surface area contributed by atoms with Gasteiger partial charge >= 0.3 is 0 Å². The number of carbonyl (C=O) groups excluding carboxylic acids is 1. The van der Waals surface area contributed by atoms with E-state index in [9.17, 15) is 4.79 Å². The first-order valence-electron chi connectivity index (χ1n) is 10.6. The third kappa shape index (κ3) is 4.89. The minimum atomic E-state index is -0.149. The Morgan fingerprint density at radius 1 is 1.06 bits per heavy atom. The Bertz CT molecular complexity index is 1190. The lowest BCUT2D eigenvalue weighted by Crippen LogP contribution is -2.30. The molecule has 0 saturated heterocycles. The number of rotatable bonds is 8. The van der Waals surface area contributed by atoms with Crippen molar-refractivity contribution in [2.75, 3.05) is 11.5 Å². The summed E-state index contributed by atoms with van der Waals surface area (Å²) in [6, 6.07) is 18.7. The summed E-state index contributed by atoms with van der Waals surface area (Å²) >= 11 is 1.46. The normalized spacial score (nSPS) is 11.0. The number of hydrogen-bond donors (Lipinski definition) is 0. The third-order valence-electron chi connectivity index (χ3n) is 4.67. The number of hydrogen-bond acceptors (Lipinski definition) is 6. The predicted molar refractivity (Wildman–Crippen MR) is 128 cm³/mol. The first kappa shape index (κ1) is 21.8. The number of fused-ring (bicyclic) bond motifs is 1. The first-order chi connectivity index (χ1) is 15.5. The number of thiazole rings is 1. The van der Waals surface area contributed by atoms with Crippen LogP contribution >= 0.6 is 11.3 Å². The summed E-state index contributed by atoms with van der Waals surface area (Å²) in [7, 11) is 0. The van der Waals surface area contributed by atoms with E-state index in [1.807, 2.05) is 69.3 Å². The molecule has 0 radical (unpaired) electrons. The van der Waals surface area contributed by atoms with E-state index in [1.165, 1.54) is 11.3 Å². The lowest BCUT2D eigenvalue weighted by atomic mass is 10.2. The van der Waals surface area contributed by atoms with Crippen LogP contribution in [0.2, 0.25) is 0 Å². The standard InChI is InChI=1S/C25H25N3O3S/c1-4-30-21-9-7-10-22-23(21)27-25(32-22)28(16-19-8-5-6-15-26-19)24(29)18-11-13-20(14-12-18)31-17(2)3/h5-15,17H,4,16H2,1-3H3. The SMILES string of the molecule is CCOc1cccc2sc(N(Cc3ccccn3)C(=O)c3ccc(OC(C)C)cc3)nc12. The van der Waals surface area contributed by atoms with Gasteiger partial charge in [0, 0.05) is 11.8 Å². The highest BCUT2D eigenvalue weighted by molar-refractivity contribution is 7.22. The lowest BCUT2D eigenvalue weighted by Gasteiger charge is -2.20. The largest absolute Gasteiger partial charge is 0.492 e. The summed E-state index contributed by atoms with van der Waals surface area (Å²) in [6.45, 7) is 6.74. The van der Waals surface area contributed by atoms with Crippen LogP contribution < -0.4 is 14.4 Å². The van der Waals surface area contributed by atoms with Crippen LogP contribution in [-0.4, -0.2) is 28.6 Å². The number of para-hydroxylation sites is 1. The minimum absolute atomic E-state index is 0.0690. The number of nitrogens with zero attached hydrogens (tertiary/aromatic N) is 3. The van der Waals surface area contributed by atoms with Crippen molar-refractivity contribution in [1.82, 2.24) is 9.97 Å². The van der Waals surface area contributed by atoms with E-state index in [1.54, 1.807) is 23.2 Å². The molecule has 0 aliphatic carbocycles. The van der Waals surface area contributed by atoms with Gasteiger partial charge in [0.05, 0.1) is 29.6 Å². The second kappa shape index (κ2) is 9.78. The summed E-state index contributed by atoms with van der Waals surface area (Å²) in [5.41, 5.74) is 2.10. The molecular formula is C25H25N3O3S. The summed E-state index contributed by atoms with van der Waals surface area (Å²) in [6.07, 6.45) is 1.79. The molecule has 7 heteroatoms. The van der Waals surface area contributed by atoms with Crippen molar-refractivity contribution >= 4 is 32.6 Å². The van der Waals surface area contributed by atoms with Crippen LogP contribution in [0, 0.1) is 0 Å². The molecule has 0 aliphatic heterocycles. The highest BCUT2D eigenvalue weighted by Gasteiger charge is 2.23. The Morgan fingerprint density at radius 3 is 2.56 bits per heavy atom. The zero-order chi connectivity index (χ0) is 22.5. The number of carbonyl (C=O) groups is 1. The van der Waals surface area contributed by atoms with Gasteiger partial charge in [0.25, 0.3) is 5.91 Å². The van der Waals surface area contributed by atoms with E-state index < -0.39 is 0 Å². The minimum Gasteiger partial charge on any atom is -0.492 e. The molecule has 2 aromatic carbocycles. The van der Waals surface area contributed by atoms with Crippen LogP contribution in [0.4, 0.5) is 5.13 Å². The van der Waals surface area contributed by atoms with Crippen molar-refractivity contribution in [3.05, 3.63) is 78.1 Å². The van der Waals surface area contributed by atoms with Crippen LogP contribution in [0.15, 0.2) is 66.9 Å². The first-order valence-corrected chi connectivity index (χ1v) is 11.4. The summed E-state index contributed by atoms with van der Waals surface area (Å²) in [5.74, 6) is 1.30. The molecule has 0 unspecified atom stereocenters. The Hall–Kier alpha value is -3.45. The van der Waals surface area contributed by atoms with Crippen molar-refractivity contribution in [2.45, 2.75) is 33.4 Å². The van der Waals surface area contributed by atoms with Crippen molar-refractivity contribution in [2.24, 2.45) is 0 Å². The summed E-state index contributed by atoms with van der Waals surface area (Å²) in [5, 5.41) is 0.602. The molecule has 4 rings (SSSR count). The van der Waals surface area contributed by atoms with Gasteiger partial charge in [-0.2, -0.15) is 0 Å². The lowest BCUT2D eigenvalue weighted by molar-refractivity contribution is 0.0984. The van der Waals surface area contributed by atoms with E-state index in [-0.39, 0.29) is 12.0 Å². The van der Waals surface area contributed by atoms with Crippen LogP contribution in [0.3, 0.4) is 0 Å². The van der Waals surface area contributed by atoms with Crippen LogP contribution in [-0.2, 0) is 6.54 Å². The fraction of sp³-hybridized carbons (Fsp3) is 0.240. The van der Waals surface area contributed by atoms with Gasteiger partial charge in [-0.1, -0.05) is 23.5 Å². The smallest absolute Gasteiger partial charge is 0.260 e. The number of aromatic nitrogens is 2. The van der Waals surface area contributed by atoms with Gasteiger partial charge in [0.15, 0.2) is 5.13 Å². The van der Waals surface area contributed by atoms with E-state index in [2.05, 4.69) is 4.98 Å². The number of ether oxygens (including phenoxy) is 2. The van der Waals surface area contributed by atoms with Crippen molar-refractivity contribution < 1.29 is 14.3 Å². The molecule has 0 spiro atoms. The molecule has 0 N–H and O–H groups in total. The highest BCUT2D eigenvalue weighted by atomic mass is 32.1. The van der Waals surface area contributed by atoms with E-state index in [0.29, 0.717) is 29.6 Å². The Labute approximate surface area is 191 Å². The Morgan fingerprint density at radius 2 is 1.88 bits per heavy atom. The Balaban J connectivity index is 1.71. The zero-order valence-electron chi connectivity index (χ0n) is 18.3. The van der Waals surface area contributed by atoms with Gasteiger partial charge in [-0.25, -0.2) is 4.98 Å². The summed E-state index contributed by atoms with van der Waals surface area (Å²) < 4.78 is 12.4. The topological polar surface area (TPSA) is 64.5 Å². The molecule has 0 aliphatic rings. The molecular weight excluding hydrogens is 422 g/mol. The van der Waals surface area contributed by atoms with Crippen LogP contribution in [0.1, 0.15) is 36.8 Å². The highest BCUT2D eigenvalue weighted by Crippen LogP contribution is 2.35. The van der Waals surface area contributed by atoms with Gasteiger partial charge < -0.3 is 9.47 Å². The molecule has 164 valence electrons. The number of anilines is 1. The van der Waals surface area contributed by atoms with Gasteiger partial charge in [-0.05, 0) is 69.3 Å². The quantitative estimate of drug-likeness (QED) is 0.345. The maximum absolute atomic E-state index is 13.6. The maximum Gasteiger partial charge on any atom is 0.260 e. The van der Waals surface area contributed by atoms with Crippen molar-refractivity contribution in [3.63, 3.8) is 0 Å². The van der Waals surface area contributed by atoms with Crippen molar-refractivity contribution in [1.29, 1.82) is 0 Å². The summed E-state index contributed by atoms with van der Waals surface area (Å²) in [4.78, 5) is 24.4. The maximum atomic E-state index is 13.6.